The Hall–Kier alpha value is -1.23. The first kappa shape index (κ1) is 12.8. The van der Waals surface area contributed by atoms with E-state index >= 15 is 0 Å². The lowest BCUT2D eigenvalue weighted by atomic mass is 10.2. The Balaban J connectivity index is 1.88. The van der Waals surface area contributed by atoms with Crippen LogP contribution >= 0.6 is 23.2 Å². The van der Waals surface area contributed by atoms with Gasteiger partial charge >= 0.3 is 0 Å². The number of benzene rings is 1. The van der Waals surface area contributed by atoms with Crippen molar-refractivity contribution in [2.24, 2.45) is 0 Å². The molecule has 1 aliphatic rings. The predicted molar refractivity (Wildman–Crippen MR) is 77.1 cm³/mol. The second kappa shape index (κ2) is 5.04. The molecular weight excluding hydrogens is 285 g/mol. The molecule has 3 N–H and O–H groups in total. The average Bonchev–Trinajstić information content (AvgIpc) is 2.97. The van der Waals surface area contributed by atoms with Crippen LogP contribution in [-0.2, 0) is 0 Å². The molecule has 2 heterocycles. The summed E-state index contributed by atoms with van der Waals surface area (Å²) in [5.74, 6) is -0.114. The van der Waals surface area contributed by atoms with Crippen LogP contribution in [0.25, 0.3) is 10.9 Å². The molecule has 1 aliphatic heterocycles. The fourth-order valence-corrected chi connectivity index (χ4v) is 2.87. The van der Waals surface area contributed by atoms with E-state index in [-0.39, 0.29) is 11.9 Å². The van der Waals surface area contributed by atoms with Crippen LogP contribution in [0.2, 0.25) is 10.0 Å². The molecule has 2 aromatic rings. The van der Waals surface area contributed by atoms with Crippen molar-refractivity contribution in [1.82, 2.24) is 15.6 Å². The highest BCUT2D eigenvalue weighted by atomic mass is 35.5. The average molecular weight is 298 g/mol. The van der Waals surface area contributed by atoms with E-state index in [1.807, 2.05) is 0 Å². The number of halogens is 2. The van der Waals surface area contributed by atoms with Crippen molar-refractivity contribution in [3.8, 4) is 0 Å². The standard InChI is InChI=1S/C13H13Cl2N3O/c14-7-3-10(15)9-5-12(18-11(9)4-7)13(19)17-8-1-2-16-6-8/h3-5,8,16,18H,1-2,6H2,(H,17,19)/t8-/m0/s1. The number of aromatic amines is 1. The van der Waals surface area contributed by atoms with Gasteiger partial charge < -0.3 is 15.6 Å². The summed E-state index contributed by atoms with van der Waals surface area (Å²) in [6, 6.07) is 5.38. The van der Waals surface area contributed by atoms with E-state index < -0.39 is 0 Å². The molecule has 0 radical (unpaired) electrons. The molecule has 0 aliphatic carbocycles. The third-order valence-electron chi connectivity index (χ3n) is 3.29. The maximum absolute atomic E-state index is 12.1. The summed E-state index contributed by atoms with van der Waals surface area (Å²) >= 11 is 12.0. The normalized spacial score (nSPS) is 18.9. The lowest BCUT2D eigenvalue weighted by molar-refractivity contribution is 0.0936. The molecule has 1 aromatic heterocycles. The molecular formula is C13H13Cl2N3O. The van der Waals surface area contributed by atoms with Gasteiger partial charge in [0.2, 0.25) is 0 Å². The van der Waals surface area contributed by atoms with Gasteiger partial charge in [0.1, 0.15) is 5.69 Å². The molecule has 1 atom stereocenters. The van der Waals surface area contributed by atoms with E-state index in [0.717, 1.165) is 30.4 Å². The van der Waals surface area contributed by atoms with E-state index in [4.69, 9.17) is 23.2 Å². The minimum atomic E-state index is -0.114. The number of fused-ring (bicyclic) bond motifs is 1. The van der Waals surface area contributed by atoms with Crippen LogP contribution in [0.3, 0.4) is 0 Å². The SMILES string of the molecule is O=C(N[C@H]1CCNC1)c1cc2c(Cl)cc(Cl)cc2[nH]1. The van der Waals surface area contributed by atoms with Crippen LogP contribution < -0.4 is 10.6 Å². The van der Waals surface area contributed by atoms with Crippen molar-refractivity contribution in [3.05, 3.63) is 33.9 Å². The summed E-state index contributed by atoms with van der Waals surface area (Å²) < 4.78 is 0. The predicted octanol–water partition coefficient (Wildman–Crippen LogP) is 2.57. The topological polar surface area (TPSA) is 56.9 Å². The van der Waals surface area contributed by atoms with E-state index in [0.29, 0.717) is 15.7 Å². The lowest BCUT2D eigenvalue weighted by Gasteiger charge is -2.09. The Bertz CT molecular complexity index is 632. The van der Waals surface area contributed by atoms with Gasteiger partial charge in [-0.3, -0.25) is 4.79 Å². The number of carbonyl (C=O) groups excluding carboxylic acids is 1. The van der Waals surface area contributed by atoms with Crippen LogP contribution in [0.1, 0.15) is 16.9 Å². The molecule has 1 aromatic carbocycles. The van der Waals surface area contributed by atoms with Crippen LogP contribution in [0.4, 0.5) is 0 Å². The Morgan fingerprint density at radius 1 is 1.32 bits per heavy atom. The van der Waals surface area contributed by atoms with Crippen molar-refractivity contribution in [2.45, 2.75) is 12.5 Å². The molecule has 0 unspecified atom stereocenters. The fourth-order valence-electron chi connectivity index (χ4n) is 2.32. The van der Waals surface area contributed by atoms with Gasteiger partial charge in [-0.2, -0.15) is 0 Å². The van der Waals surface area contributed by atoms with Crippen molar-refractivity contribution >= 4 is 40.0 Å². The maximum Gasteiger partial charge on any atom is 0.267 e. The van der Waals surface area contributed by atoms with Crippen molar-refractivity contribution in [2.75, 3.05) is 13.1 Å². The molecule has 0 spiro atoms. The maximum atomic E-state index is 12.1. The second-order valence-electron chi connectivity index (χ2n) is 4.70. The lowest BCUT2D eigenvalue weighted by Crippen LogP contribution is -2.36. The van der Waals surface area contributed by atoms with Crippen LogP contribution in [-0.4, -0.2) is 30.0 Å². The van der Waals surface area contributed by atoms with Gasteiger partial charge in [0.25, 0.3) is 5.91 Å². The van der Waals surface area contributed by atoms with Crippen LogP contribution in [0.15, 0.2) is 18.2 Å². The number of hydrogen-bond acceptors (Lipinski definition) is 2. The molecule has 4 nitrogen and oxygen atoms in total. The largest absolute Gasteiger partial charge is 0.350 e. The first-order valence-electron chi connectivity index (χ1n) is 6.13. The molecule has 0 bridgehead atoms. The summed E-state index contributed by atoms with van der Waals surface area (Å²) in [5, 5.41) is 8.09. The Labute approximate surface area is 120 Å². The summed E-state index contributed by atoms with van der Waals surface area (Å²) in [5.41, 5.74) is 1.28. The first-order valence-corrected chi connectivity index (χ1v) is 6.88. The number of amides is 1. The van der Waals surface area contributed by atoms with Gasteiger partial charge in [-0.05, 0) is 31.2 Å². The van der Waals surface area contributed by atoms with Crippen LogP contribution in [0.5, 0.6) is 0 Å². The summed E-state index contributed by atoms with van der Waals surface area (Å²) in [6.07, 6.45) is 0.957. The summed E-state index contributed by atoms with van der Waals surface area (Å²) in [7, 11) is 0. The van der Waals surface area contributed by atoms with Gasteiger partial charge in [0, 0.05) is 28.5 Å². The number of H-pyrrole nitrogens is 1. The first-order chi connectivity index (χ1) is 9.13. The van der Waals surface area contributed by atoms with E-state index in [1.165, 1.54) is 0 Å². The minimum Gasteiger partial charge on any atom is -0.350 e. The molecule has 3 rings (SSSR count). The monoisotopic (exact) mass is 297 g/mol. The number of nitrogens with one attached hydrogen (secondary N) is 3. The van der Waals surface area contributed by atoms with E-state index in [1.54, 1.807) is 18.2 Å². The molecule has 1 fully saturated rings. The van der Waals surface area contributed by atoms with Gasteiger partial charge in [-0.15, -0.1) is 0 Å². The number of carbonyl (C=O) groups is 1. The van der Waals surface area contributed by atoms with Gasteiger partial charge in [0.15, 0.2) is 0 Å². The van der Waals surface area contributed by atoms with Gasteiger partial charge in [0.05, 0.1) is 5.02 Å². The van der Waals surface area contributed by atoms with Crippen molar-refractivity contribution in [3.63, 3.8) is 0 Å². The number of rotatable bonds is 2. The van der Waals surface area contributed by atoms with E-state index in [9.17, 15) is 4.79 Å². The fraction of sp³-hybridized carbons (Fsp3) is 0.308. The van der Waals surface area contributed by atoms with E-state index in [2.05, 4.69) is 15.6 Å². The van der Waals surface area contributed by atoms with Crippen molar-refractivity contribution < 1.29 is 4.79 Å². The zero-order chi connectivity index (χ0) is 13.4. The molecule has 0 saturated carbocycles. The molecule has 19 heavy (non-hydrogen) atoms. The van der Waals surface area contributed by atoms with Gasteiger partial charge in [-0.25, -0.2) is 0 Å². The molecule has 1 amide bonds. The highest BCUT2D eigenvalue weighted by molar-refractivity contribution is 6.38. The van der Waals surface area contributed by atoms with Crippen LogP contribution in [0, 0.1) is 0 Å². The summed E-state index contributed by atoms with van der Waals surface area (Å²) in [6.45, 7) is 1.76. The minimum absolute atomic E-state index is 0.114. The van der Waals surface area contributed by atoms with Crippen molar-refractivity contribution in [1.29, 1.82) is 0 Å². The Kier molecular flexibility index (Phi) is 3.39. The quantitative estimate of drug-likeness (QED) is 0.798. The molecule has 1 saturated heterocycles. The smallest absolute Gasteiger partial charge is 0.267 e. The Morgan fingerprint density at radius 3 is 2.89 bits per heavy atom. The molecule has 6 heteroatoms. The Morgan fingerprint density at radius 2 is 2.16 bits per heavy atom. The highest BCUT2D eigenvalue weighted by Crippen LogP contribution is 2.28. The zero-order valence-corrected chi connectivity index (χ0v) is 11.6. The summed E-state index contributed by atoms with van der Waals surface area (Å²) in [4.78, 5) is 15.2. The number of hydrogen-bond donors (Lipinski definition) is 3. The second-order valence-corrected chi connectivity index (χ2v) is 5.54. The molecule has 100 valence electrons. The third kappa shape index (κ3) is 2.56. The number of aromatic nitrogens is 1. The zero-order valence-electron chi connectivity index (χ0n) is 10.1. The highest BCUT2D eigenvalue weighted by Gasteiger charge is 2.19. The third-order valence-corrected chi connectivity index (χ3v) is 3.82. The van der Waals surface area contributed by atoms with Gasteiger partial charge in [-0.1, -0.05) is 23.2 Å².